The zero-order valence-corrected chi connectivity index (χ0v) is 16.7. The molecular weight excluding hydrogens is 376 g/mol. The van der Waals surface area contributed by atoms with Crippen molar-refractivity contribution in [3.05, 3.63) is 84.0 Å². The Bertz CT molecular complexity index is 1350. The Morgan fingerprint density at radius 2 is 1.97 bits per heavy atom. The second-order valence-electron chi connectivity index (χ2n) is 7.40. The molecule has 0 aliphatic rings. The molecule has 0 aliphatic carbocycles. The number of benzene rings is 2. The predicted molar refractivity (Wildman–Crippen MR) is 116 cm³/mol. The second-order valence-corrected chi connectivity index (χ2v) is 7.40. The van der Waals surface area contributed by atoms with E-state index >= 15 is 0 Å². The SMILES string of the molecule is Cc1ccc2c(CC(=O)Nc3ccc(-c4cn5cccnc5n4)cc3)coc2c1C. The van der Waals surface area contributed by atoms with Crippen LogP contribution in [0.25, 0.3) is 28.0 Å². The number of fused-ring (bicyclic) bond motifs is 2. The summed E-state index contributed by atoms with van der Waals surface area (Å²) in [5, 5.41) is 3.95. The average molecular weight is 396 g/mol. The highest BCUT2D eigenvalue weighted by molar-refractivity contribution is 5.96. The van der Waals surface area contributed by atoms with Gasteiger partial charge >= 0.3 is 0 Å². The Balaban J connectivity index is 1.31. The summed E-state index contributed by atoms with van der Waals surface area (Å²) in [6.07, 6.45) is 7.50. The number of carbonyl (C=O) groups is 1. The summed E-state index contributed by atoms with van der Waals surface area (Å²) in [7, 11) is 0. The van der Waals surface area contributed by atoms with Gasteiger partial charge in [0, 0.05) is 40.8 Å². The first-order chi connectivity index (χ1) is 14.6. The number of hydrogen-bond donors (Lipinski definition) is 1. The molecule has 0 radical (unpaired) electrons. The van der Waals surface area contributed by atoms with Crippen molar-refractivity contribution in [2.75, 3.05) is 5.32 Å². The maximum Gasteiger partial charge on any atom is 0.234 e. The number of furan rings is 1. The van der Waals surface area contributed by atoms with Gasteiger partial charge in [0.2, 0.25) is 11.7 Å². The zero-order valence-electron chi connectivity index (χ0n) is 16.7. The maximum atomic E-state index is 12.6. The molecule has 148 valence electrons. The van der Waals surface area contributed by atoms with Gasteiger partial charge in [-0.1, -0.05) is 24.3 Å². The molecule has 3 heterocycles. The van der Waals surface area contributed by atoms with Gasteiger partial charge in [0.1, 0.15) is 5.58 Å². The molecule has 2 aromatic carbocycles. The lowest BCUT2D eigenvalue weighted by Gasteiger charge is -2.06. The molecule has 0 saturated carbocycles. The highest BCUT2D eigenvalue weighted by Crippen LogP contribution is 2.27. The highest BCUT2D eigenvalue weighted by atomic mass is 16.3. The Morgan fingerprint density at radius 1 is 1.13 bits per heavy atom. The van der Waals surface area contributed by atoms with Crippen molar-refractivity contribution in [1.29, 1.82) is 0 Å². The first-order valence-electron chi connectivity index (χ1n) is 9.75. The molecule has 0 atom stereocenters. The van der Waals surface area contributed by atoms with E-state index in [4.69, 9.17) is 4.42 Å². The minimum atomic E-state index is -0.0828. The van der Waals surface area contributed by atoms with E-state index in [0.29, 0.717) is 5.78 Å². The fourth-order valence-electron chi connectivity index (χ4n) is 3.60. The van der Waals surface area contributed by atoms with Crippen molar-refractivity contribution in [2.45, 2.75) is 20.3 Å². The number of anilines is 1. The lowest BCUT2D eigenvalue weighted by atomic mass is 10.0. The summed E-state index contributed by atoms with van der Waals surface area (Å²) in [5.74, 6) is 0.572. The lowest BCUT2D eigenvalue weighted by Crippen LogP contribution is -2.14. The van der Waals surface area contributed by atoms with Gasteiger partial charge in [-0.05, 0) is 43.2 Å². The monoisotopic (exact) mass is 396 g/mol. The van der Waals surface area contributed by atoms with E-state index < -0.39 is 0 Å². The maximum absolute atomic E-state index is 12.6. The van der Waals surface area contributed by atoms with Gasteiger partial charge in [-0.25, -0.2) is 9.97 Å². The molecule has 30 heavy (non-hydrogen) atoms. The third-order valence-electron chi connectivity index (χ3n) is 5.39. The van der Waals surface area contributed by atoms with Gasteiger partial charge in [0.25, 0.3) is 0 Å². The van der Waals surface area contributed by atoms with E-state index in [0.717, 1.165) is 39.0 Å². The summed E-state index contributed by atoms with van der Waals surface area (Å²) in [6, 6.07) is 13.6. The average Bonchev–Trinajstić information content (AvgIpc) is 3.36. The van der Waals surface area contributed by atoms with Crippen molar-refractivity contribution in [2.24, 2.45) is 0 Å². The number of nitrogens with zero attached hydrogens (tertiary/aromatic N) is 3. The summed E-state index contributed by atoms with van der Waals surface area (Å²) >= 11 is 0. The van der Waals surface area contributed by atoms with Crippen molar-refractivity contribution < 1.29 is 9.21 Å². The zero-order chi connectivity index (χ0) is 20.7. The molecule has 0 fully saturated rings. The Kier molecular flexibility index (Phi) is 4.32. The number of imidazole rings is 1. The molecule has 0 unspecified atom stereocenters. The molecule has 6 heteroatoms. The van der Waals surface area contributed by atoms with E-state index in [-0.39, 0.29) is 12.3 Å². The Labute approximate surface area is 173 Å². The Hall–Kier alpha value is -3.93. The van der Waals surface area contributed by atoms with Crippen LogP contribution in [0.5, 0.6) is 0 Å². The van der Waals surface area contributed by atoms with E-state index in [1.807, 2.05) is 60.1 Å². The largest absolute Gasteiger partial charge is 0.464 e. The first-order valence-corrected chi connectivity index (χ1v) is 9.75. The van der Waals surface area contributed by atoms with Crippen LogP contribution in [0.4, 0.5) is 5.69 Å². The van der Waals surface area contributed by atoms with Crippen LogP contribution in [0.1, 0.15) is 16.7 Å². The summed E-state index contributed by atoms with van der Waals surface area (Å²) in [5.41, 5.74) is 6.56. The van der Waals surface area contributed by atoms with Crippen LogP contribution < -0.4 is 5.32 Å². The standard InChI is InChI=1S/C24H20N4O2/c1-15-4-9-20-18(14-30-23(20)16(15)2)12-22(29)26-19-7-5-17(6-8-19)21-13-28-11-3-10-25-24(28)27-21/h3-11,13-14H,12H2,1-2H3,(H,26,29). The molecule has 5 rings (SSSR count). The van der Waals surface area contributed by atoms with E-state index in [1.54, 1.807) is 12.5 Å². The number of hydrogen-bond acceptors (Lipinski definition) is 4. The molecule has 5 aromatic rings. The minimum Gasteiger partial charge on any atom is -0.464 e. The number of rotatable bonds is 4. The first kappa shape index (κ1) is 18.1. The van der Waals surface area contributed by atoms with Gasteiger partial charge in [0.05, 0.1) is 18.4 Å². The second kappa shape index (κ2) is 7.15. The van der Waals surface area contributed by atoms with Crippen molar-refractivity contribution in [3.63, 3.8) is 0 Å². The van der Waals surface area contributed by atoms with Crippen LogP contribution in [0, 0.1) is 13.8 Å². The van der Waals surface area contributed by atoms with Gasteiger partial charge in [-0.2, -0.15) is 0 Å². The minimum absolute atomic E-state index is 0.0828. The molecular formula is C24H20N4O2. The van der Waals surface area contributed by atoms with E-state index in [1.165, 1.54) is 5.56 Å². The normalized spacial score (nSPS) is 11.3. The molecule has 0 spiro atoms. The Morgan fingerprint density at radius 3 is 2.77 bits per heavy atom. The quantitative estimate of drug-likeness (QED) is 0.467. The third-order valence-corrected chi connectivity index (χ3v) is 5.39. The van der Waals surface area contributed by atoms with Crippen LogP contribution in [0.3, 0.4) is 0 Å². The molecule has 6 nitrogen and oxygen atoms in total. The number of aromatic nitrogens is 3. The topological polar surface area (TPSA) is 72.4 Å². The molecule has 1 amide bonds. The molecule has 0 aliphatic heterocycles. The third kappa shape index (κ3) is 3.22. The number of nitrogens with one attached hydrogen (secondary N) is 1. The van der Waals surface area contributed by atoms with Crippen LogP contribution in [-0.4, -0.2) is 20.3 Å². The van der Waals surface area contributed by atoms with Gasteiger partial charge in [0.15, 0.2) is 0 Å². The summed E-state index contributed by atoms with van der Waals surface area (Å²) in [6.45, 7) is 4.09. The number of carbonyl (C=O) groups excluding carboxylic acids is 1. The van der Waals surface area contributed by atoms with Crippen LogP contribution in [-0.2, 0) is 11.2 Å². The van der Waals surface area contributed by atoms with Crippen molar-refractivity contribution >= 4 is 28.3 Å². The number of aryl methyl sites for hydroxylation is 2. The fraction of sp³-hybridized carbons (Fsp3) is 0.125. The van der Waals surface area contributed by atoms with Gasteiger partial charge in [-0.15, -0.1) is 0 Å². The van der Waals surface area contributed by atoms with Crippen molar-refractivity contribution in [1.82, 2.24) is 14.4 Å². The fourth-order valence-corrected chi connectivity index (χ4v) is 3.60. The molecule has 1 N–H and O–H groups in total. The van der Waals surface area contributed by atoms with Crippen molar-refractivity contribution in [3.8, 4) is 11.3 Å². The highest BCUT2D eigenvalue weighted by Gasteiger charge is 2.13. The van der Waals surface area contributed by atoms with Gasteiger partial charge in [-0.3, -0.25) is 9.20 Å². The molecule has 0 bridgehead atoms. The smallest absolute Gasteiger partial charge is 0.234 e. The van der Waals surface area contributed by atoms with Crippen LogP contribution in [0.15, 0.2) is 71.7 Å². The van der Waals surface area contributed by atoms with E-state index in [2.05, 4.69) is 28.3 Å². The predicted octanol–water partition coefficient (Wildman–Crippen LogP) is 4.94. The van der Waals surface area contributed by atoms with Crippen LogP contribution in [0.2, 0.25) is 0 Å². The van der Waals surface area contributed by atoms with E-state index in [9.17, 15) is 4.79 Å². The summed E-state index contributed by atoms with van der Waals surface area (Å²) < 4.78 is 7.59. The summed E-state index contributed by atoms with van der Waals surface area (Å²) in [4.78, 5) is 21.3. The van der Waals surface area contributed by atoms with Gasteiger partial charge < -0.3 is 9.73 Å². The molecule has 0 saturated heterocycles. The molecule has 3 aromatic heterocycles. The van der Waals surface area contributed by atoms with Crippen LogP contribution >= 0.6 is 0 Å². The lowest BCUT2D eigenvalue weighted by molar-refractivity contribution is -0.115. The number of amides is 1.